The molecule has 1 aromatic rings. The summed E-state index contributed by atoms with van der Waals surface area (Å²) in [7, 11) is 4.64. The molecule has 0 unspecified atom stereocenters. The molecular formula is C15H16Br2N2O3S. The Hall–Kier alpha value is -1.12. The van der Waals surface area contributed by atoms with Crippen LogP contribution in [0, 0.1) is 0 Å². The summed E-state index contributed by atoms with van der Waals surface area (Å²) >= 11 is 8.69. The van der Waals surface area contributed by atoms with E-state index in [-0.39, 0.29) is 0 Å². The Kier molecular flexibility index (Phi) is 6.43. The largest absolute Gasteiger partial charge is 0.502 e. The lowest BCUT2D eigenvalue weighted by Crippen LogP contribution is -2.38. The van der Waals surface area contributed by atoms with Gasteiger partial charge >= 0.3 is 5.97 Å². The molecule has 0 aromatic heterocycles. The summed E-state index contributed by atoms with van der Waals surface area (Å²) in [6.45, 7) is 0. The Morgan fingerprint density at radius 1 is 1.30 bits per heavy atom. The van der Waals surface area contributed by atoms with Gasteiger partial charge in [-0.1, -0.05) is 39.8 Å². The quantitative estimate of drug-likeness (QED) is 0.373. The van der Waals surface area contributed by atoms with Gasteiger partial charge in [-0.25, -0.2) is 4.79 Å². The fraction of sp³-hybridized carbons (Fsp3) is 0.267. The number of benzene rings is 1. The molecule has 0 radical (unpaired) electrons. The average molecular weight is 464 g/mol. The van der Waals surface area contributed by atoms with Gasteiger partial charge in [0.2, 0.25) is 0 Å². The van der Waals surface area contributed by atoms with Crippen LogP contribution < -0.4 is 0 Å². The topological polar surface area (TPSA) is 42.0 Å². The van der Waals surface area contributed by atoms with Gasteiger partial charge in [-0.2, -0.15) is 0 Å². The fourth-order valence-electron chi connectivity index (χ4n) is 2.06. The van der Waals surface area contributed by atoms with Crippen molar-refractivity contribution in [3.05, 3.63) is 50.1 Å². The van der Waals surface area contributed by atoms with Gasteiger partial charge in [-0.15, -0.1) is 0 Å². The van der Waals surface area contributed by atoms with E-state index in [9.17, 15) is 4.79 Å². The molecule has 23 heavy (non-hydrogen) atoms. The maximum absolute atomic E-state index is 12.0. The molecule has 1 aliphatic rings. The van der Waals surface area contributed by atoms with Crippen LogP contribution in [0.15, 0.2) is 44.5 Å². The number of nitrogens with zero attached hydrogens (tertiary/aromatic N) is 2. The van der Waals surface area contributed by atoms with Gasteiger partial charge in [0.15, 0.2) is 5.70 Å². The molecule has 2 rings (SSSR count). The molecule has 0 atom stereocenters. The van der Waals surface area contributed by atoms with E-state index >= 15 is 0 Å². The summed E-state index contributed by atoms with van der Waals surface area (Å²) in [5, 5.41) is 3.72. The highest BCUT2D eigenvalue weighted by Crippen LogP contribution is 2.42. The second kappa shape index (κ2) is 8.12. The maximum atomic E-state index is 12.0. The smallest absolute Gasteiger partial charge is 0.359 e. The third-order valence-corrected chi connectivity index (χ3v) is 5.62. The lowest BCUT2D eigenvalue weighted by molar-refractivity contribution is -0.139. The SMILES string of the molecule is COC=C(C(=O)OC)N(C)N1CSC(Br)=C1c1ccc(Br)cc1. The molecular weight excluding hydrogens is 448 g/mol. The Balaban J connectivity index is 2.36. The van der Waals surface area contributed by atoms with Crippen LogP contribution in [0.1, 0.15) is 5.56 Å². The third kappa shape index (κ3) is 4.05. The van der Waals surface area contributed by atoms with E-state index in [1.54, 1.807) is 23.8 Å². The maximum Gasteiger partial charge on any atom is 0.359 e. The Morgan fingerprint density at radius 2 is 1.96 bits per heavy atom. The second-order valence-electron chi connectivity index (χ2n) is 4.56. The number of carbonyl (C=O) groups excluding carboxylic acids is 1. The molecule has 0 amide bonds. The van der Waals surface area contributed by atoms with Crippen LogP contribution in [0.25, 0.3) is 5.70 Å². The number of rotatable bonds is 5. The van der Waals surface area contributed by atoms with Crippen LogP contribution in [0.5, 0.6) is 0 Å². The molecule has 5 nitrogen and oxygen atoms in total. The number of hydrogen-bond acceptors (Lipinski definition) is 6. The number of halogens is 2. The van der Waals surface area contributed by atoms with Gasteiger partial charge in [0.25, 0.3) is 0 Å². The number of ether oxygens (including phenoxy) is 2. The zero-order valence-corrected chi connectivity index (χ0v) is 16.9. The first-order valence-electron chi connectivity index (χ1n) is 6.60. The first-order chi connectivity index (χ1) is 11.0. The van der Waals surface area contributed by atoms with Crippen LogP contribution in [0.3, 0.4) is 0 Å². The van der Waals surface area contributed by atoms with Crippen LogP contribution >= 0.6 is 43.6 Å². The molecule has 0 aliphatic carbocycles. The first kappa shape index (κ1) is 18.2. The van der Waals surface area contributed by atoms with Crippen LogP contribution in [0.4, 0.5) is 0 Å². The number of carbonyl (C=O) groups is 1. The average Bonchev–Trinajstić information content (AvgIpc) is 2.93. The minimum Gasteiger partial charge on any atom is -0.502 e. The number of likely N-dealkylation sites (N-methyl/N-ethyl adjacent to an activating group) is 1. The lowest BCUT2D eigenvalue weighted by Gasteiger charge is -2.33. The first-order valence-corrected chi connectivity index (χ1v) is 9.17. The molecule has 124 valence electrons. The van der Waals surface area contributed by atoms with Crippen molar-refractivity contribution in [1.29, 1.82) is 0 Å². The number of esters is 1. The highest BCUT2D eigenvalue weighted by molar-refractivity contribution is 9.14. The lowest BCUT2D eigenvalue weighted by atomic mass is 10.2. The van der Waals surface area contributed by atoms with E-state index in [1.165, 1.54) is 20.5 Å². The van der Waals surface area contributed by atoms with Crippen molar-refractivity contribution in [2.45, 2.75) is 0 Å². The summed E-state index contributed by atoms with van der Waals surface area (Å²) in [4.78, 5) is 12.0. The molecule has 0 spiro atoms. The van der Waals surface area contributed by atoms with Crippen molar-refractivity contribution in [2.75, 3.05) is 27.1 Å². The minimum atomic E-state index is -0.461. The summed E-state index contributed by atoms with van der Waals surface area (Å²) in [5.41, 5.74) is 2.34. The minimum absolute atomic E-state index is 0.312. The van der Waals surface area contributed by atoms with Crippen molar-refractivity contribution in [3.8, 4) is 0 Å². The molecule has 0 fully saturated rings. The predicted octanol–water partition coefficient (Wildman–Crippen LogP) is 3.98. The Labute approximate surface area is 156 Å². The van der Waals surface area contributed by atoms with Gasteiger partial charge in [-0.3, -0.25) is 10.0 Å². The number of methoxy groups -OCH3 is 2. The zero-order chi connectivity index (χ0) is 17.0. The predicted molar refractivity (Wildman–Crippen MR) is 99.2 cm³/mol. The van der Waals surface area contributed by atoms with E-state index < -0.39 is 5.97 Å². The number of hydrogen-bond donors (Lipinski definition) is 0. The Bertz CT molecular complexity index is 647. The number of thioether (sulfide) groups is 1. The molecule has 1 heterocycles. The van der Waals surface area contributed by atoms with Crippen molar-refractivity contribution in [3.63, 3.8) is 0 Å². The van der Waals surface area contributed by atoms with Gasteiger partial charge < -0.3 is 9.47 Å². The van der Waals surface area contributed by atoms with E-state index in [2.05, 4.69) is 31.9 Å². The normalized spacial score (nSPS) is 15.0. The summed E-state index contributed by atoms with van der Waals surface area (Å²) in [5.74, 6) is 0.207. The fourth-order valence-corrected chi connectivity index (χ4v) is 3.96. The Morgan fingerprint density at radius 3 is 2.52 bits per heavy atom. The third-order valence-electron chi connectivity index (χ3n) is 3.21. The molecule has 0 saturated carbocycles. The molecule has 0 N–H and O–H groups in total. The van der Waals surface area contributed by atoms with Gasteiger partial charge in [0.05, 0.1) is 29.6 Å². The van der Waals surface area contributed by atoms with Crippen LogP contribution in [-0.2, 0) is 14.3 Å². The van der Waals surface area contributed by atoms with Crippen molar-refractivity contribution in [2.24, 2.45) is 0 Å². The zero-order valence-electron chi connectivity index (χ0n) is 12.9. The second-order valence-corrected chi connectivity index (χ2v) is 7.74. The van der Waals surface area contributed by atoms with Gasteiger partial charge in [-0.05, 0) is 28.1 Å². The van der Waals surface area contributed by atoms with Crippen LogP contribution in [-0.4, -0.2) is 43.1 Å². The molecule has 0 bridgehead atoms. The molecule has 8 heteroatoms. The standard InChI is InChI=1S/C15H16Br2N2O3S/c1-18(12(8-21-2)15(20)22-3)19-9-23-14(17)13(19)10-4-6-11(16)7-5-10/h4-8H,9H2,1-3H3. The number of hydrazine groups is 1. The van der Waals surface area contributed by atoms with Gasteiger partial charge in [0, 0.05) is 17.1 Å². The van der Waals surface area contributed by atoms with E-state index in [0.717, 1.165) is 19.5 Å². The summed E-state index contributed by atoms with van der Waals surface area (Å²) < 4.78 is 11.9. The van der Waals surface area contributed by atoms with E-state index in [0.29, 0.717) is 11.6 Å². The van der Waals surface area contributed by atoms with Crippen LogP contribution in [0.2, 0.25) is 0 Å². The van der Waals surface area contributed by atoms with Crippen molar-refractivity contribution in [1.82, 2.24) is 10.0 Å². The van der Waals surface area contributed by atoms with E-state index in [1.807, 2.05) is 29.3 Å². The monoisotopic (exact) mass is 462 g/mol. The molecule has 1 aliphatic heterocycles. The molecule has 1 aromatic carbocycles. The highest BCUT2D eigenvalue weighted by Gasteiger charge is 2.30. The summed E-state index contributed by atoms with van der Waals surface area (Å²) in [6, 6.07) is 8.00. The summed E-state index contributed by atoms with van der Waals surface area (Å²) in [6.07, 6.45) is 1.38. The van der Waals surface area contributed by atoms with Gasteiger partial charge in [0.1, 0.15) is 6.26 Å². The molecule has 0 saturated heterocycles. The van der Waals surface area contributed by atoms with Crippen molar-refractivity contribution >= 4 is 55.3 Å². The highest BCUT2D eigenvalue weighted by atomic mass is 79.9. The van der Waals surface area contributed by atoms with Crippen molar-refractivity contribution < 1.29 is 14.3 Å². The van der Waals surface area contributed by atoms with E-state index in [4.69, 9.17) is 9.47 Å².